The Morgan fingerprint density at radius 1 is 1.02 bits per heavy atom. The summed E-state index contributed by atoms with van der Waals surface area (Å²) in [5.74, 6) is -1.46. The molecule has 2 aromatic carbocycles. The zero-order valence-electron chi connectivity index (χ0n) is 26.3. The molecule has 1 aliphatic carbocycles. The number of nitrogens with zero attached hydrogens (tertiary/aromatic N) is 5. The van der Waals surface area contributed by atoms with E-state index in [0.29, 0.717) is 27.9 Å². The van der Waals surface area contributed by atoms with Gasteiger partial charge in [-0.1, -0.05) is 48.6 Å². The largest absolute Gasteiger partial charge is 0.329 e. The number of likely N-dealkylation sites (tertiary alicyclic amines) is 1. The quantitative estimate of drug-likeness (QED) is 0.278. The van der Waals surface area contributed by atoms with Crippen molar-refractivity contribution in [2.24, 2.45) is 0 Å². The zero-order chi connectivity index (χ0) is 34.4. The number of ketones is 1. The third-order valence-corrected chi connectivity index (χ3v) is 10.3. The van der Waals surface area contributed by atoms with Gasteiger partial charge in [-0.3, -0.25) is 19.1 Å². The lowest BCUT2D eigenvalue weighted by Crippen LogP contribution is -2.62. The molecule has 3 heterocycles. The number of hydrogen-bond acceptors (Lipinski definition) is 8. The summed E-state index contributed by atoms with van der Waals surface area (Å²) in [6.45, 7) is 2.22. The standard InChI is InChI=1S/C34H32F2N6O5S/c1-20(43)31-27-14-23(24-16-37-21(2)38-17-24)11-12-28(27)42(40-31)19-30(44)41-18-25(35)15-29(41)33(45)39-34(48(3,46)47)13-7-10-26(32(34)36)22-8-5-4-6-9-22/h4-14,16-17,25,29,32H,15,18-19H2,1-3H3,(H,39,45)/t25-,29+,32?,34?/m1/s1. The Bertz CT molecular complexity index is 2100. The van der Waals surface area contributed by atoms with Crippen molar-refractivity contribution in [2.75, 3.05) is 12.8 Å². The molecule has 1 N–H and O–H groups in total. The summed E-state index contributed by atoms with van der Waals surface area (Å²) in [6.07, 6.45) is 3.73. The van der Waals surface area contributed by atoms with Crippen molar-refractivity contribution in [3.63, 3.8) is 0 Å². The second-order valence-electron chi connectivity index (χ2n) is 12.0. The van der Waals surface area contributed by atoms with Crippen molar-refractivity contribution in [2.45, 2.75) is 50.1 Å². The Hall–Kier alpha value is -5.11. The van der Waals surface area contributed by atoms with Gasteiger partial charge in [0.05, 0.1) is 12.1 Å². The van der Waals surface area contributed by atoms with E-state index < -0.39 is 64.4 Å². The van der Waals surface area contributed by atoms with Gasteiger partial charge in [0.1, 0.15) is 30.3 Å². The lowest BCUT2D eigenvalue weighted by atomic mass is 9.91. The molecule has 11 nitrogen and oxygen atoms in total. The van der Waals surface area contributed by atoms with Crippen LogP contribution in [0.1, 0.15) is 35.2 Å². The Kier molecular flexibility index (Phi) is 8.54. The molecule has 248 valence electrons. The molecular formula is C34H32F2N6O5S. The van der Waals surface area contributed by atoms with Crippen LogP contribution in [0, 0.1) is 6.92 Å². The number of sulfone groups is 1. The first kappa shape index (κ1) is 32.8. The van der Waals surface area contributed by atoms with E-state index in [1.54, 1.807) is 67.8 Å². The number of alkyl halides is 2. The smallest absolute Gasteiger partial charge is 0.245 e. The molecule has 4 aromatic rings. The molecular weight excluding hydrogens is 642 g/mol. The Labute approximate surface area is 275 Å². The number of aryl methyl sites for hydroxylation is 1. The van der Waals surface area contributed by atoms with Gasteiger partial charge in [-0.05, 0) is 41.8 Å². The molecule has 1 fully saturated rings. The van der Waals surface area contributed by atoms with Gasteiger partial charge in [0.2, 0.25) is 11.8 Å². The van der Waals surface area contributed by atoms with E-state index in [4.69, 9.17) is 0 Å². The van der Waals surface area contributed by atoms with Gasteiger partial charge in [-0.15, -0.1) is 0 Å². The highest BCUT2D eigenvalue weighted by Gasteiger charge is 2.53. The molecule has 0 spiro atoms. The van der Waals surface area contributed by atoms with Crippen LogP contribution in [0.4, 0.5) is 8.78 Å². The van der Waals surface area contributed by atoms with Crippen molar-refractivity contribution in [1.29, 1.82) is 0 Å². The van der Waals surface area contributed by atoms with Gasteiger partial charge in [0.25, 0.3) is 0 Å². The van der Waals surface area contributed by atoms with Gasteiger partial charge < -0.3 is 10.2 Å². The van der Waals surface area contributed by atoms with Gasteiger partial charge >= 0.3 is 0 Å². The van der Waals surface area contributed by atoms with E-state index >= 15 is 4.39 Å². The highest BCUT2D eigenvalue weighted by molar-refractivity contribution is 7.92. The fourth-order valence-electron chi connectivity index (χ4n) is 6.16. The average Bonchev–Trinajstić information content (AvgIpc) is 3.62. The molecule has 0 bridgehead atoms. The molecule has 0 radical (unpaired) electrons. The van der Waals surface area contributed by atoms with Crippen LogP contribution < -0.4 is 5.32 Å². The summed E-state index contributed by atoms with van der Waals surface area (Å²) in [5.41, 5.74) is 2.46. The number of halogens is 2. The van der Waals surface area contributed by atoms with Gasteiger partial charge in [0, 0.05) is 42.9 Å². The maximum atomic E-state index is 16.3. The van der Waals surface area contributed by atoms with Crippen molar-refractivity contribution in [3.05, 3.63) is 96.2 Å². The van der Waals surface area contributed by atoms with Crippen molar-refractivity contribution >= 4 is 43.9 Å². The summed E-state index contributed by atoms with van der Waals surface area (Å²) >= 11 is 0. The first-order chi connectivity index (χ1) is 22.8. The first-order valence-electron chi connectivity index (χ1n) is 15.1. The van der Waals surface area contributed by atoms with Crippen LogP contribution >= 0.6 is 0 Å². The van der Waals surface area contributed by atoms with E-state index in [-0.39, 0.29) is 17.1 Å². The summed E-state index contributed by atoms with van der Waals surface area (Å²) in [6, 6.07) is 12.1. The number of aromatic nitrogens is 4. The van der Waals surface area contributed by atoms with Crippen molar-refractivity contribution in [3.8, 4) is 11.1 Å². The van der Waals surface area contributed by atoms with E-state index in [0.717, 1.165) is 22.8 Å². The lowest BCUT2D eigenvalue weighted by Gasteiger charge is -2.37. The molecule has 2 unspecified atom stereocenters. The molecule has 0 saturated carbocycles. The summed E-state index contributed by atoms with van der Waals surface area (Å²) in [7, 11) is -4.34. The maximum Gasteiger partial charge on any atom is 0.245 e. The van der Waals surface area contributed by atoms with E-state index in [1.165, 1.54) is 23.8 Å². The SMILES string of the molecule is CC(=O)c1nn(CC(=O)N2C[C@H](F)C[C@H]2C(=O)NC2(S(C)(=O)=O)C=CC=C(c3ccccc3)C2F)c2ccc(-c3cnc(C)nc3)cc12. The Morgan fingerprint density at radius 2 is 1.73 bits per heavy atom. The minimum absolute atomic E-state index is 0.0384. The second-order valence-corrected chi connectivity index (χ2v) is 14.2. The highest BCUT2D eigenvalue weighted by atomic mass is 32.2. The molecule has 1 saturated heterocycles. The monoisotopic (exact) mass is 674 g/mol. The average molecular weight is 675 g/mol. The molecule has 1 aliphatic heterocycles. The zero-order valence-corrected chi connectivity index (χ0v) is 27.1. The van der Waals surface area contributed by atoms with E-state index in [2.05, 4.69) is 20.4 Å². The number of hydrogen-bond donors (Lipinski definition) is 1. The van der Waals surface area contributed by atoms with Gasteiger partial charge in [-0.2, -0.15) is 5.10 Å². The Balaban J connectivity index is 1.27. The summed E-state index contributed by atoms with van der Waals surface area (Å²) in [4.78, 5) is 46.9. The number of rotatable bonds is 8. The molecule has 14 heteroatoms. The first-order valence-corrected chi connectivity index (χ1v) is 17.0. The van der Waals surface area contributed by atoms with E-state index in [9.17, 15) is 27.2 Å². The highest BCUT2D eigenvalue weighted by Crippen LogP contribution is 2.37. The second kappa shape index (κ2) is 12.5. The molecule has 2 aromatic heterocycles. The van der Waals surface area contributed by atoms with Crippen LogP contribution in [0.15, 0.2) is 79.2 Å². The number of amides is 2. The van der Waals surface area contributed by atoms with E-state index in [1.807, 2.05) is 0 Å². The predicted molar refractivity (Wildman–Crippen MR) is 175 cm³/mol. The summed E-state index contributed by atoms with van der Waals surface area (Å²) < 4.78 is 58.7. The van der Waals surface area contributed by atoms with Crippen molar-refractivity contribution < 1.29 is 31.6 Å². The van der Waals surface area contributed by atoms with Crippen LogP contribution in [-0.2, 0) is 26.0 Å². The maximum absolute atomic E-state index is 16.3. The normalized spacial score (nSPS) is 22.5. The molecule has 2 aliphatic rings. The number of carbonyl (C=O) groups excluding carboxylic acids is 3. The molecule has 4 atom stereocenters. The minimum atomic E-state index is -4.34. The predicted octanol–water partition coefficient (Wildman–Crippen LogP) is 3.79. The fraction of sp³-hybridized carbons (Fsp3) is 0.294. The minimum Gasteiger partial charge on any atom is -0.329 e. The Morgan fingerprint density at radius 3 is 2.40 bits per heavy atom. The molecule has 48 heavy (non-hydrogen) atoms. The van der Waals surface area contributed by atoms with Crippen LogP contribution in [-0.4, -0.2) is 86.7 Å². The molecule has 6 rings (SSSR count). The number of Topliss-reactive ketones (excluding diaryl/α,β-unsaturated/α-hetero) is 1. The molecule has 2 amide bonds. The topological polar surface area (TPSA) is 144 Å². The van der Waals surface area contributed by atoms with Gasteiger partial charge in [0.15, 0.2) is 26.7 Å². The summed E-state index contributed by atoms with van der Waals surface area (Å²) in [5, 5.41) is 7.19. The van der Waals surface area contributed by atoms with Crippen molar-refractivity contribution in [1.82, 2.24) is 30.0 Å². The number of carbonyl (C=O) groups is 3. The lowest BCUT2D eigenvalue weighted by molar-refractivity contribution is -0.139. The third kappa shape index (κ3) is 5.91. The van der Waals surface area contributed by atoms with Crippen LogP contribution in [0.3, 0.4) is 0 Å². The van der Waals surface area contributed by atoms with Crippen LogP contribution in [0.2, 0.25) is 0 Å². The number of allylic oxidation sites excluding steroid dienone is 2. The fourth-order valence-corrected chi connectivity index (χ4v) is 7.28. The number of benzene rings is 2. The van der Waals surface area contributed by atoms with Crippen LogP contribution in [0.5, 0.6) is 0 Å². The number of nitrogens with one attached hydrogen (secondary N) is 1. The van der Waals surface area contributed by atoms with Gasteiger partial charge in [-0.25, -0.2) is 27.2 Å². The number of fused-ring (bicyclic) bond motifs is 1. The van der Waals surface area contributed by atoms with Crippen LogP contribution in [0.25, 0.3) is 27.6 Å². The third-order valence-electron chi connectivity index (χ3n) is 8.66.